The minimum atomic E-state index is -2.80. The summed E-state index contributed by atoms with van der Waals surface area (Å²) in [4.78, 5) is 13.3. The Balaban J connectivity index is 3.10. The molecule has 1 aliphatic heterocycles. The molecule has 11 nitrogen and oxygen atoms in total. The highest BCUT2D eigenvalue weighted by Crippen LogP contribution is 2.32. The minimum Gasteiger partial charge on any atom is -0.477 e. The van der Waals surface area contributed by atoms with Gasteiger partial charge in [-0.05, 0) is 5.53 Å². The maximum Gasteiger partial charge on any atom is 0.364 e. The first-order valence-electron chi connectivity index (χ1n) is 5.59. The fourth-order valence-corrected chi connectivity index (χ4v) is 1.90. The Hall–Kier alpha value is -1.46. The number of ether oxygens (including phenoxy) is 1. The van der Waals surface area contributed by atoms with Crippen LogP contribution < -0.4 is 0 Å². The summed E-state index contributed by atoms with van der Waals surface area (Å²) in [6.45, 7) is -0.883. The standard InChI is InChI=1S/C9H15N3O8/c10-12-11-5-3(14)1-9(19,8(17)18)20-7(5)6(16)4(15)2-13/h3-7,13-16,19H,1-2H2,(H,17,18)/t3-,4+,5+,6+,7+,9-/m0/s1. The molecule has 1 rings (SSSR count). The van der Waals surface area contributed by atoms with Gasteiger partial charge in [-0.25, -0.2) is 4.79 Å². The van der Waals surface area contributed by atoms with E-state index in [0.29, 0.717) is 0 Å². The van der Waals surface area contributed by atoms with Crippen molar-refractivity contribution in [2.24, 2.45) is 5.11 Å². The molecule has 0 amide bonds. The lowest BCUT2D eigenvalue weighted by Crippen LogP contribution is -2.62. The third-order valence-corrected chi connectivity index (χ3v) is 2.98. The van der Waals surface area contributed by atoms with E-state index in [1.165, 1.54) is 0 Å². The normalized spacial score (nSPS) is 36.8. The molecule has 1 heterocycles. The Bertz CT molecular complexity index is 414. The number of rotatable bonds is 5. The molecule has 0 aromatic heterocycles. The summed E-state index contributed by atoms with van der Waals surface area (Å²) < 4.78 is 4.77. The van der Waals surface area contributed by atoms with E-state index in [1.54, 1.807) is 0 Å². The number of carbonyl (C=O) groups is 1. The van der Waals surface area contributed by atoms with Gasteiger partial charge in [0.05, 0.1) is 18.8 Å². The van der Waals surface area contributed by atoms with Gasteiger partial charge in [0.1, 0.15) is 18.3 Å². The largest absolute Gasteiger partial charge is 0.477 e. The van der Waals surface area contributed by atoms with Crippen LogP contribution in [0.5, 0.6) is 0 Å². The molecule has 1 fully saturated rings. The van der Waals surface area contributed by atoms with Gasteiger partial charge in [-0.1, -0.05) is 5.11 Å². The first-order chi connectivity index (χ1) is 9.26. The second-order valence-corrected chi connectivity index (χ2v) is 4.38. The van der Waals surface area contributed by atoms with Crippen molar-refractivity contribution in [3.63, 3.8) is 0 Å². The van der Waals surface area contributed by atoms with Crippen LogP contribution in [0.1, 0.15) is 6.42 Å². The zero-order valence-electron chi connectivity index (χ0n) is 10.1. The van der Waals surface area contributed by atoms with Crippen molar-refractivity contribution >= 4 is 5.97 Å². The van der Waals surface area contributed by atoms with Crippen molar-refractivity contribution in [1.29, 1.82) is 0 Å². The van der Waals surface area contributed by atoms with Gasteiger partial charge in [0.25, 0.3) is 5.79 Å². The van der Waals surface area contributed by atoms with Gasteiger partial charge >= 0.3 is 5.97 Å². The van der Waals surface area contributed by atoms with E-state index in [2.05, 4.69) is 10.0 Å². The third kappa shape index (κ3) is 3.16. The van der Waals surface area contributed by atoms with Crippen molar-refractivity contribution < 1.29 is 40.2 Å². The molecule has 6 atom stereocenters. The molecule has 0 spiro atoms. The average Bonchev–Trinajstić information content (AvgIpc) is 2.39. The highest BCUT2D eigenvalue weighted by atomic mass is 16.7. The lowest BCUT2D eigenvalue weighted by Gasteiger charge is -2.42. The number of aliphatic carboxylic acids is 1. The van der Waals surface area contributed by atoms with E-state index in [9.17, 15) is 25.2 Å². The first-order valence-corrected chi connectivity index (χ1v) is 5.59. The smallest absolute Gasteiger partial charge is 0.364 e. The first kappa shape index (κ1) is 16.6. The summed E-state index contributed by atoms with van der Waals surface area (Å²) in [6.07, 6.45) is -7.73. The van der Waals surface area contributed by atoms with Crippen LogP contribution in [0.4, 0.5) is 0 Å². The fraction of sp³-hybridized carbons (Fsp3) is 0.889. The summed E-state index contributed by atoms with van der Waals surface area (Å²) in [5.41, 5.74) is 8.39. The molecule has 114 valence electrons. The number of carboxylic acids is 1. The van der Waals surface area contributed by atoms with E-state index in [1.807, 2.05) is 0 Å². The van der Waals surface area contributed by atoms with Crippen molar-refractivity contribution in [3.05, 3.63) is 10.4 Å². The predicted molar refractivity (Wildman–Crippen MR) is 60.1 cm³/mol. The summed E-state index contributed by atoms with van der Waals surface area (Å²) >= 11 is 0. The topological polar surface area (TPSA) is 196 Å². The molecule has 0 unspecified atom stereocenters. The van der Waals surface area contributed by atoms with Crippen molar-refractivity contribution in [2.75, 3.05) is 6.61 Å². The highest BCUT2D eigenvalue weighted by Gasteiger charge is 2.53. The Morgan fingerprint density at radius 2 is 2.15 bits per heavy atom. The maximum absolute atomic E-state index is 10.9. The molecule has 20 heavy (non-hydrogen) atoms. The van der Waals surface area contributed by atoms with Crippen LogP contribution in [-0.4, -0.2) is 79.5 Å². The molecular formula is C9H15N3O8. The zero-order chi connectivity index (χ0) is 15.5. The number of hydrogen-bond donors (Lipinski definition) is 6. The van der Waals surface area contributed by atoms with Crippen LogP contribution in [0.15, 0.2) is 5.11 Å². The van der Waals surface area contributed by atoms with Crippen molar-refractivity contribution in [2.45, 2.75) is 42.7 Å². The van der Waals surface area contributed by atoms with E-state index in [-0.39, 0.29) is 0 Å². The van der Waals surface area contributed by atoms with Crippen LogP contribution >= 0.6 is 0 Å². The molecule has 6 N–H and O–H groups in total. The van der Waals surface area contributed by atoms with Gasteiger partial charge in [-0.3, -0.25) is 0 Å². The van der Waals surface area contributed by atoms with Crippen LogP contribution in [0.25, 0.3) is 10.4 Å². The third-order valence-electron chi connectivity index (χ3n) is 2.98. The fourth-order valence-electron chi connectivity index (χ4n) is 1.90. The number of aliphatic hydroxyl groups is 5. The van der Waals surface area contributed by atoms with Gasteiger partial charge in [0.2, 0.25) is 0 Å². The van der Waals surface area contributed by atoms with E-state index >= 15 is 0 Å². The van der Waals surface area contributed by atoms with Gasteiger partial charge in [-0.2, -0.15) is 0 Å². The summed E-state index contributed by atoms with van der Waals surface area (Å²) in [5, 5.41) is 59.3. The quantitative estimate of drug-likeness (QED) is 0.179. The molecule has 11 heteroatoms. The second-order valence-electron chi connectivity index (χ2n) is 4.38. The predicted octanol–water partition coefficient (Wildman–Crippen LogP) is -2.70. The molecule has 0 radical (unpaired) electrons. The van der Waals surface area contributed by atoms with Gasteiger partial charge < -0.3 is 35.4 Å². The van der Waals surface area contributed by atoms with Crippen LogP contribution in [-0.2, 0) is 9.53 Å². The Morgan fingerprint density at radius 3 is 2.60 bits per heavy atom. The van der Waals surface area contributed by atoms with E-state index in [0.717, 1.165) is 0 Å². The number of hydrogen-bond acceptors (Lipinski definition) is 8. The summed E-state index contributed by atoms with van der Waals surface area (Å²) in [7, 11) is 0. The van der Waals surface area contributed by atoms with Crippen molar-refractivity contribution in [3.8, 4) is 0 Å². The molecule has 1 aliphatic rings. The molecular weight excluding hydrogens is 278 g/mol. The molecule has 0 saturated carbocycles. The monoisotopic (exact) mass is 293 g/mol. The summed E-state index contributed by atoms with van der Waals surface area (Å²) in [6, 6.07) is -1.43. The Kier molecular flexibility index (Phi) is 5.25. The number of aliphatic hydroxyl groups excluding tert-OH is 4. The average molecular weight is 293 g/mol. The lowest BCUT2D eigenvalue weighted by atomic mass is 9.89. The number of azide groups is 1. The second kappa shape index (κ2) is 6.33. The van der Waals surface area contributed by atoms with Crippen LogP contribution in [0.2, 0.25) is 0 Å². The van der Waals surface area contributed by atoms with Gasteiger partial charge in [-0.15, -0.1) is 0 Å². The molecule has 0 aromatic carbocycles. The SMILES string of the molecule is [N-]=[N+]=N[C@H]1[C@H]([C@H](O)[C@H](O)CO)O[C@](O)(C(=O)O)C[C@@H]1O. The molecule has 0 aromatic rings. The molecule has 0 aliphatic carbocycles. The Morgan fingerprint density at radius 1 is 1.55 bits per heavy atom. The van der Waals surface area contributed by atoms with Crippen LogP contribution in [0.3, 0.4) is 0 Å². The van der Waals surface area contributed by atoms with E-state index in [4.69, 9.17) is 20.5 Å². The zero-order valence-corrected chi connectivity index (χ0v) is 10.1. The highest BCUT2D eigenvalue weighted by molar-refractivity contribution is 5.75. The Labute approximate surface area is 112 Å². The summed E-state index contributed by atoms with van der Waals surface area (Å²) in [5.74, 6) is -4.62. The minimum absolute atomic E-state index is 0.787. The maximum atomic E-state index is 10.9. The van der Waals surface area contributed by atoms with Crippen LogP contribution in [0, 0.1) is 0 Å². The van der Waals surface area contributed by atoms with Gasteiger partial charge in [0.15, 0.2) is 0 Å². The van der Waals surface area contributed by atoms with Crippen molar-refractivity contribution in [1.82, 2.24) is 0 Å². The molecule has 0 bridgehead atoms. The molecule has 1 saturated heterocycles. The lowest BCUT2D eigenvalue weighted by molar-refractivity contribution is -0.292. The van der Waals surface area contributed by atoms with Gasteiger partial charge in [0, 0.05) is 11.3 Å². The number of carboxylic acid groups (broad SMARTS) is 1. The van der Waals surface area contributed by atoms with E-state index < -0.39 is 55.2 Å². The number of nitrogens with zero attached hydrogens (tertiary/aromatic N) is 3.